The molecule has 2 aromatic rings. The zero-order valence-corrected chi connectivity index (χ0v) is 16.2. The van der Waals surface area contributed by atoms with Crippen molar-refractivity contribution in [2.75, 3.05) is 19.7 Å². The number of nitrogens with zero attached hydrogens (tertiary/aromatic N) is 3. The van der Waals surface area contributed by atoms with Crippen molar-refractivity contribution < 1.29 is 9.53 Å². The first-order chi connectivity index (χ1) is 12.6. The second-order valence-corrected chi connectivity index (χ2v) is 6.41. The summed E-state index contributed by atoms with van der Waals surface area (Å²) >= 11 is 5.50. The van der Waals surface area contributed by atoms with Crippen molar-refractivity contribution >= 4 is 23.3 Å². The van der Waals surface area contributed by atoms with Crippen molar-refractivity contribution in [2.24, 2.45) is 0 Å². The van der Waals surface area contributed by atoms with Gasteiger partial charge in [-0.1, -0.05) is 29.8 Å². The number of hydrogen-bond acceptors (Lipinski definition) is 4. The number of hydrogen-bond donors (Lipinski definition) is 1. The van der Waals surface area contributed by atoms with Crippen LogP contribution in [0.1, 0.15) is 24.5 Å². The molecule has 2 rings (SSSR count). The van der Waals surface area contributed by atoms with Gasteiger partial charge in [-0.3, -0.25) is 4.79 Å². The Bertz CT molecular complexity index is 686. The number of carbonyl (C=O) groups excluding carboxylic acids is 1. The lowest BCUT2D eigenvalue weighted by Crippen LogP contribution is -2.42. The zero-order valence-electron chi connectivity index (χ0n) is 15.4. The number of ether oxygens (including phenoxy) is 1. The predicted octanol–water partition coefficient (Wildman–Crippen LogP) is 2.52. The fourth-order valence-corrected chi connectivity index (χ4v) is 2.73. The van der Waals surface area contributed by atoms with Crippen LogP contribution in [-0.2, 0) is 22.6 Å². The Morgan fingerprint density at radius 2 is 2.12 bits per heavy atom. The first-order valence-corrected chi connectivity index (χ1v) is 9.19. The maximum atomic E-state index is 11.6. The number of nitrogens with one attached hydrogen (secondary N) is 1. The molecule has 7 heteroatoms. The van der Waals surface area contributed by atoms with E-state index in [1.165, 1.54) is 11.1 Å². The highest BCUT2D eigenvalue weighted by Gasteiger charge is 2.12. The molecule has 0 saturated carbocycles. The van der Waals surface area contributed by atoms with E-state index in [1.807, 2.05) is 17.1 Å². The van der Waals surface area contributed by atoms with Gasteiger partial charge in [-0.2, -0.15) is 0 Å². The second-order valence-electron chi connectivity index (χ2n) is 6.02. The molecule has 0 aliphatic carbocycles. The molecule has 1 aromatic heterocycles. The fourth-order valence-electron chi connectivity index (χ4n) is 2.50. The van der Waals surface area contributed by atoms with Crippen molar-refractivity contribution in [1.29, 1.82) is 0 Å². The zero-order chi connectivity index (χ0) is 18.8. The van der Waals surface area contributed by atoms with E-state index in [0.717, 1.165) is 19.5 Å². The van der Waals surface area contributed by atoms with Gasteiger partial charge in [-0.15, -0.1) is 0 Å². The molecule has 140 valence electrons. The van der Waals surface area contributed by atoms with Crippen LogP contribution in [-0.4, -0.2) is 45.2 Å². The van der Waals surface area contributed by atoms with Gasteiger partial charge < -0.3 is 19.5 Å². The molecule has 0 atom stereocenters. The Morgan fingerprint density at radius 3 is 2.77 bits per heavy atom. The van der Waals surface area contributed by atoms with E-state index < -0.39 is 0 Å². The van der Waals surface area contributed by atoms with Gasteiger partial charge >= 0.3 is 5.97 Å². The molecule has 26 heavy (non-hydrogen) atoms. The summed E-state index contributed by atoms with van der Waals surface area (Å²) in [7, 11) is 0. The number of rotatable bonds is 9. The summed E-state index contributed by atoms with van der Waals surface area (Å²) in [5.74, 6) is -0.302. The molecular formula is C19H26N4O2S. The molecule has 6 nitrogen and oxygen atoms in total. The van der Waals surface area contributed by atoms with Crippen LogP contribution in [0.4, 0.5) is 0 Å². The smallest absolute Gasteiger partial charge is 0.325 e. The van der Waals surface area contributed by atoms with Crippen LogP contribution in [0.2, 0.25) is 0 Å². The summed E-state index contributed by atoms with van der Waals surface area (Å²) in [5, 5.41) is 3.57. The van der Waals surface area contributed by atoms with Crippen molar-refractivity contribution in [2.45, 2.75) is 33.4 Å². The molecule has 0 aliphatic rings. The van der Waals surface area contributed by atoms with Crippen LogP contribution in [0.5, 0.6) is 0 Å². The van der Waals surface area contributed by atoms with Gasteiger partial charge in [-0.25, -0.2) is 4.98 Å². The number of esters is 1. The number of benzene rings is 1. The molecule has 0 spiro atoms. The maximum absolute atomic E-state index is 11.6. The van der Waals surface area contributed by atoms with Crippen molar-refractivity contribution in [1.82, 2.24) is 19.8 Å². The van der Waals surface area contributed by atoms with Gasteiger partial charge in [0.2, 0.25) is 0 Å². The average Bonchev–Trinajstić information content (AvgIpc) is 3.14. The summed E-state index contributed by atoms with van der Waals surface area (Å²) in [6.07, 6.45) is 6.45. The highest BCUT2D eigenvalue weighted by atomic mass is 32.1. The van der Waals surface area contributed by atoms with E-state index in [1.54, 1.807) is 13.1 Å². The van der Waals surface area contributed by atoms with E-state index in [0.29, 0.717) is 18.3 Å². The molecule has 1 aromatic carbocycles. The number of carbonyl (C=O) groups is 1. The van der Waals surface area contributed by atoms with Crippen LogP contribution in [0.3, 0.4) is 0 Å². The topological polar surface area (TPSA) is 59.4 Å². The van der Waals surface area contributed by atoms with Crippen LogP contribution in [0.25, 0.3) is 0 Å². The fraction of sp³-hybridized carbons (Fsp3) is 0.421. The first-order valence-electron chi connectivity index (χ1n) is 8.78. The maximum Gasteiger partial charge on any atom is 0.325 e. The normalized spacial score (nSPS) is 10.4. The molecule has 0 unspecified atom stereocenters. The Hall–Kier alpha value is -2.41. The Balaban J connectivity index is 1.93. The third kappa shape index (κ3) is 6.84. The molecule has 1 heterocycles. The van der Waals surface area contributed by atoms with E-state index in [4.69, 9.17) is 17.0 Å². The average molecular weight is 375 g/mol. The summed E-state index contributed by atoms with van der Waals surface area (Å²) in [6, 6.07) is 8.39. The standard InChI is InChI=1S/C19H26N4O2S/c1-3-25-18(24)13-21-19(26)23(11-4-10-22-12-9-20-15-22)14-17-7-5-16(2)6-8-17/h5-9,12,15H,3-4,10-11,13-14H2,1-2H3,(H,21,26). The molecule has 0 radical (unpaired) electrons. The monoisotopic (exact) mass is 374 g/mol. The van der Waals surface area contributed by atoms with E-state index in [9.17, 15) is 4.79 Å². The molecule has 0 bridgehead atoms. The largest absolute Gasteiger partial charge is 0.465 e. The van der Waals surface area contributed by atoms with Gasteiger partial charge in [0, 0.05) is 32.0 Å². The van der Waals surface area contributed by atoms with Crippen LogP contribution in [0.15, 0.2) is 43.0 Å². The van der Waals surface area contributed by atoms with Gasteiger partial charge in [0.1, 0.15) is 6.54 Å². The lowest BCUT2D eigenvalue weighted by atomic mass is 10.1. The summed E-state index contributed by atoms with van der Waals surface area (Å²) in [5.41, 5.74) is 2.40. The Morgan fingerprint density at radius 1 is 1.35 bits per heavy atom. The molecule has 0 aliphatic heterocycles. The van der Waals surface area contributed by atoms with E-state index >= 15 is 0 Å². The Kier molecular flexibility index (Phi) is 8.08. The number of thiocarbonyl (C=S) groups is 1. The quantitative estimate of drug-likeness (QED) is 0.538. The number of imidazole rings is 1. The highest BCUT2D eigenvalue weighted by molar-refractivity contribution is 7.80. The molecule has 0 saturated heterocycles. The van der Waals surface area contributed by atoms with Crippen molar-refractivity contribution in [3.8, 4) is 0 Å². The summed E-state index contributed by atoms with van der Waals surface area (Å²) in [6.45, 7) is 6.64. The molecule has 0 fully saturated rings. The molecular weight excluding hydrogens is 348 g/mol. The minimum Gasteiger partial charge on any atom is -0.465 e. The third-order valence-corrected chi connectivity index (χ3v) is 4.28. The Labute approximate surface area is 160 Å². The molecule has 1 N–H and O–H groups in total. The number of aryl methyl sites for hydroxylation is 2. The van der Waals surface area contributed by atoms with Crippen LogP contribution >= 0.6 is 12.2 Å². The van der Waals surface area contributed by atoms with E-state index in [-0.39, 0.29) is 12.5 Å². The number of aromatic nitrogens is 2. The van der Waals surface area contributed by atoms with Crippen molar-refractivity contribution in [3.05, 3.63) is 54.1 Å². The predicted molar refractivity (Wildman–Crippen MR) is 106 cm³/mol. The summed E-state index contributed by atoms with van der Waals surface area (Å²) < 4.78 is 6.98. The summed E-state index contributed by atoms with van der Waals surface area (Å²) in [4.78, 5) is 17.7. The lowest BCUT2D eigenvalue weighted by molar-refractivity contribution is -0.141. The minimum atomic E-state index is -0.302. The SMILES string of the molecule is CCOC(=O)CNC(=S)N(CCCn1ccnc1)Cc1ccc(C)cc1. The first kappa shape index (κ1) is 19.9. The van der Waals surface area contributed by atoms with Gasteiger partial charge in [-0.05, 0) is 38.0 Å². The highest BCUT2D eigenvalue weighted by Crippen LogP contribution is 2.08. The minimum absolute atomic E-state index is 0.0819. The third-order valence-electron chi connectivity index (χ3n) is 3.87. The second kappa shape index (κ2) is 10.6. The van der Waals surface area contributed by atoms with Gasteiger partial charge in [0.15, 0.2) is 5.11 Å². The van der Waals surface area contributed by atoms with Gasteiger partial charge in [0.25, 0.3) is 0 Å². The van der Waals surface area contributed by atoms with Crippen molar-refractivity contribution in [3.63, 3.8) is 0 Å². The van der Waals surface area contributed by atoms with Crippen LogP contribution in [0, 0.1) is 6.92 Å². The molecule has 0 amide bonds. The lowest BCUT2D eigenvalue weighted by Gasteiger charge is -2.26. The van der Waals surface area contributed by atoms with Crippen LogP contribution < -0.4 is 5.32 Å². The van der Waals surface area contributed by atoms with Gasteiger partial charge in [0.05, 0.1) is 12.9 Å². The van der Waals surface area contributed by atoms with E-state index in [2.05, 4.69) is 46.4 Å².